The van der Waals surface area contributed by atoms with E-state index in [9.17, 15) is 9.90 Å². The Morgan fingerprint density at radius 3 is 2.59 bits per heavy atom. The van der Waals surface area contributed by atoms with Crippen molar-refractivity contribution in [3.05, 3.63) is 29.3 Å². The van der Waals surface area contributed by atoms with Gasteiger partial charge >= 0.3 is 5.97 Å². The molecule has 4 heteroatoms. The number of carbonyl (C=O) groups is 1. The number of halogens is 1. The van der Waals surface area contributed by atoms with Crippen LogP contribution in [-0.4, -0.2) is 16.6 Å². The van der Waals surface area contributed by atoms with Gasteiger partial charge in [0.2, 0.25) is 0 Å². The van der Waals surface area contributed by atoms with Crippen LogP contribution >= 0.6 is 11.6 Å². The minimum Gasteiger partial charge on any atom is -0.480 e. The van der Waals surface area contributed by atoms with Crippen molar-refractivity contribution in [1.29, 1.82) is 0 Å². The molecule has 2 N–H and O–H groups in total. The fourth-order valence-electron chi connectivity index (χ4n) is 2.39. The Kier molecular flexibility index (Phi) is 3.57. The summed E-state index contributed by atoms with van der Waals surface area (Å²) in [6, 6.07) is 7.22. The average molecular weight is 254 g/mol. The van der Waals surface area contributed by atoms with E-state index in [0.29, 0.717) is 17.9 Å². The van der Waals surface area contributed by atoms with Crippen molar-refractivity contribution in [2.75, 3.05) is 5.32 Å². The maximum atomic E-state index is 11.5. The molecular weight excluding hydrogens is 238 g/mol. The number of carboxylic acids is 1. The molecule has 0 aliphatic heterocycles. The number of hydrogen-bond acceptors (Lipinski definition) is 2. The van der Waals surface area contributed by atoms with Crippen LogP contribution in [0, 0.1) is 0 Å². The van der Waals surface area contributed by atoms with Crippen LogP contribution in [0.4, 0.5) is 5.69 Å². The summed E-state index contributed by atoms with van der Waals surface area (Å²) in [6.07, 6.45) is 4.38. The highest BCUT2D eigenvalue weighted by atomic mass is 35.5. The topological polar surface area (TPSA) is 49.3 Å². The number of aliphatic carboxylic acids is 1. The monoisotopic (exact) mass is 253 g/mol. The molecule has 1 aromatic rings. The molecule has 17 heavy (non-hydrogen) atoms. The second-order valence-electron chi connectivity index (χ2n) is 4.58. The molecule has 0 saturated heterocycles. The standard InChI is InChI=1S/C13H16ClNO2/c14-10-5-4-6-11(9-10)15-13(12(16)17)7-2-1-3-8-13/h4-6,9,15H,1-3,7-8H2,(H,16,17). The van der Waals surface area contributed by atoms with Gasteiger partial charge in [-0.2, -0.15) is 0 Å². The molecule has 1 aliphatic rings. The minimum absolute atomic E-state index is 0.617. The number of hydrogen-bond donors (Lipinski definition) is 2. The van der Waals surface area contributed by atoms with E-state index in [0.717, 1.165) is 24.9 Å². The van der Waals surface area contributed by atoms with Crippen molar-refractivity contribution in [2.45, 2.75) is 37.6 Å². The largest absolute Gasteiger partial charge is 0.480 e. The Morgan fingerprint density at radius 1 is 1.29 bits per heavy atom. The molecule has 1 aromatic carbocycles. The lowest BCUT2D eigenvalue weighted by Crippen LogP contribution is -2.47. The first-order valence-electron chi connectivity index (χ1n) is 5.90. The van der Waals surface area contributed by atoms with Crippen LogP contribution in [0.25, 0.3) is 0 Å². The Morgan fingerprint density at radius 2 is 2.00 bits per heavy atom. The highest BCUT2D eigenvalue weighted by molar-refractivity contribution is 6.30. The number of anilines is 1. The molecule has 1 saturated carbocycles. The van der Waals surface area contributed by atoms with Crippen LogP contribution in [-0.2, 0) is 4.79 Å². The van der Waals surface area contributed by atoms with Gasteiger partial charge in [0.1, 0.15) is 5.54 Å². The molecule has 0 aromatic heterocycles. The van der Waals surface area contributed by atoms with Crippen molar-refractivity contribution in [1.82, 2.24) is 0 Å². The van der Waals surface area contributed by atoms with E-state index < -0.39 is 11.5 Å². The van der Waals surface area contributed by atoms with Crippen molar-refractivity contribution >= 4 is 23.3 Å². The van der Waals surface area contributed by atoms with Crippen molar-refractivity contribution < 1.29 is 9.90 Å². The number of benzene rings is 1. The Labute approximate surface area is 106 Å². The Bertz CT molecular complexity index is 414. The third kappa shape index (κ3) is 2.72. The summed E-state index contributed by atoms with van der Waals surface area (Å²) in [5.74, 6) is -0.767. The summed E-state index contributed by atoms with van der Waals surface area (Å²) >= 11 is 5.90. The van der Waals surface area contributed by atoms with Crippen LogP contribution in [0.5, 0.6) is 0 Å². The maximum absolute atomic E-state index is 11.5. The Balaban J connectivity index is 2.20. The van der Waals surface area contributed by atoms with E-state index in [1.54, 1.807) is 12.1 Å². The summed E-state index contributed by atoms with van der Waals surface area (Å²) in [6.45, 7) is 0. The summed E-state index contributed by atoms with van der Waals surface area (Å²) in [4.78, 5) is 11.5. The third-order valence-electron chi connectivity index (χ3n) is 3.32. The second-order valence-corrected chi connectivity index (χ2v) is 5.02. The first-order valence-corrected chi connectivity index (χ1v) is 6.27. The summed E-state index contributed by atoms with van der Waals surface area (Å²) in [5.41, 5.74) is -0.0371. The maximum Gasteiger partial charge on any atom is 0.329 e. The van der Waals surface area contributed by atoms with Gasteiger partial charge in [0.25, 0.3) is 0 Å². The first-order chi connectivity index (χ1) is 8.12. The number of rotatable bonds is 3. The molecule has 1 fully saturated rings. The van der Waals surface area contributed by atoms with Crippen molar-refractivity contribution in [3.63, 3.8) is 0 Å². The van der Waals surface area contributed by atoms with E-state index >= 15 is 0 Å². The highest BCUT2D eigenvalue weighted by Crippen LogP contribution is 2.32. The lowest BCUT2D eigenvalue weighted by Gasteiger charge is -2.35. The summed E-state index contributed by atoms with van der Waals surface area (Å²) in [5, 5.41) is 13.2. The molecule has 0 heterocycles. The predicted molar refractivity (Wildman–Crippen MR) is 68.5 cm³/mol. The van der Waals surface area contributed by atoms with Gasteiger partial charge in [-0.05, 0) is 31.0 Å². The summed E-state index contributed by atoms with van der Waals surface area (Å²) in [7, 11) is 0. The molecule has 1 aliphatic carbocycles. The zero-order valence-electron chi connectivity index (χ0n) is 9.58. The molecule has 92 valence electrons. The van der Waals surface area contributed by atoms with Crippen LogP contribution in [0.3, 0.4) is 0 Å². The predicted octanol–water partition coefficient (Wildman–Crippen LogP) is 3.54. The zero-order chi connectivity index (χ0) is 12.3. The van der Waals surface area contributed by atoms with Gasteiger partial charge in [-0.3, -0.25) is 0 Å². The highest BCUT2D eigenvalue weighted by Gasteiger charge is 2.39. The fourth-order valence-corrected chi connectivity index (χ4v) is 2.58. The van der Waals surface area contributed by atoms with Crippen LogP contribution in [0.2, 0.25) is 5.02 Å². The van der Waals surface area contributed by atoms with Gasteiger partial charge in [-0.25, -0.2) is 4.79 Å². The molecule has 0 radical (unpaired) electrons. The molecule has 0 spiro atoms. The van der Waals surface area contributed by atoms with Gasteiger partial charge in [0, 0.05) is 10.7 Å². The minimum atomic E-state index is -0.817. The van der Waals surface area contributed by atoms with Gasteiger partial charge < -0.3 is 10.4 Å². The number of nitrogens with one attached hydrogen (secondary N) is 1. The van der Waals surface area contributed by atoms with E-state index in [4.69, 9.17) is 11.6 Å². The zero-order valence-corrected chi connectivity index (χ0v) is 10.3. The third-order valence-corrected chi connectivity index (χ3v) is 3.56. The smallest absolute Gasteiger partial charge is 0.329 e. The fraction of sp³-hybridized carbons (Fsp3) is 0.462. The van der Waals surface area contributed by atoms with Gasteiger partial charge in [0.15, 0.2) is 0 Å². The molecule has 0 bridgehead atoms. The lowest BCUT2D eigenvalue weighted by molar-refractivity contribution is -0.143. The van der Waals surface area contributed by atoms with E-state index in [2.05, 4.69) is 5.32 Å². The summed E-state index contributed by atoms with van der Waals surface area (Å²) < 4.78 is 0. The molecule has 3 nitrogen and oxygen atoms in total. The quantitative estimate of drug-likeness (QED) is 0.866. The first kappa shape index (κ1) is 12.2. The Hall–Kier alpha value is -1.22. The molecule has 0 unspecified atom stereocenters. The molecule has 0 atom stereocenters. The SMILES string of the molecule is O=C(O)C1(Nc2cccc(Cl)c2)CCCCC1. The molecule has 0 amide bonds. The van der Waals surface area contributed by atoms with Crippen molar-refractivity contribution in [3.8, 4) is 0 Å². The lowest BCUT2D eigenvalue weighted by atomic mass is 9.81. The van der Waals surface area contributed by atoms with Gasteiger partial charge in [-0.1, -0.05) is 36.9 Å². The van der Waals surface area contributed by atoms with Crippen LogP contribution < -0.4 is 5.32 Å². The second kappa shape index (κ2) is 4.96. The van der Waals surface area contributed by atoms with Crippen LogP contribution in [0.15, 0.2) is 24.3 Å². The van der Waals surface area contributed by atoms with E-state index in [1.807, 2.05) is 12.1 Å². The molecular formula is C13H16ClNO2. The van der Waals surface area contributed by atoms with Crippen molar-refractivity contribution in [2.24, 2.45) is 0 Å². The normalized spacial score (nSPS) is 18.6. The van der Waals surface area contributed by atoms with E-state index in [-0.39, 0.29) is 0 Å². The number of carboxylic acid groups (broad SMARTS) is 1. The van der Waals surface area contributed by atoms with Crippen LogP contribution in [0.1, 0.15) is 32.1 Å². The van der Waals surface area contributed by atoms with Gasteiger partial charge in [0.05, 0.1) is 0 Å². The van der Waals surface area contributed by atoms with E-state index in [1.165, 1.54) is 0 Å². The van der Waals surface area contributed by atoms with Gasteiger partial charge in [-0.15, -0.1) is 0 Å². The molecule has 2 rings (SSSR count). The average Bonchev–Trinajstić information content (AvgIpc) is 2.30.